The van der Waals surface area contributed by atoms with Gasteiger partial charge in [-0.1, -0.05) is 32.1 Å². The fraction of sp³-hybridized carbons (Fsp3) is 1.00. The van der Waals surface area contributed by atoms with E-state index in [1.165, 1.54) is 51.4 Å². The van der Waals surface area contributed by atoms with E-state index in [0.717, 1.165) is 5.92 Å². The minimum Gasteiger partial charge on any atom is -0.382 e. The lowest BCUT2D eigenvalue weighted by atomic mass is 9.84. The van der Waals surface area contributed by atoms with Crippen molar-refractivity contribution in [2.75, 3.05) is 14.2 Å². The summed E-state index contributed by atoms with van der Waals surface area (Å²) in [5, 5.41) is 3.47. The highest BCUT2D eigenvalue weighted by Gasteiger charge is 2.18. The van der Waals surface area contributed by atoms with Crippen molar-refractivity contribution in [3.8, 4) is 0 Å². The van der Waals surface area contributed by atoms with Gasteiger partial charge in [0.05, 0.1) is 6.10 Å². The van der Waals surface area contributed by atoms with Crippen molar-refractivity contribution in [1.29, 1.82) is 0 Å². The van der Waals surface area contributed by atoms with Crippen molar-refractivity contribution in [3.63, 3.8) is 0 Å². The number of nitrogens with one attached hydrogen (secondary N) is 1. The van der Waals surface area contributed by atoms with Crippen LogP contribution in [-0.4, -0.2) is 26.3 Å². The Morgan fingerprint density at radius 3 is 2.44 bits per heavy atom. The third kappa shape index (κ3) is 5.31. The number of hydrogen-bond donors (Lipinski definition) is 1. The Labute approximate surface area is 101 Å². The first kappa shape index (κ1) is 14.0. The van der Waals surface area contributed by atoms with Gasteiger partial charge in [0.25, 0.3) is 0 Å². The van der Waals surface area contributed by atoms with Crippen molar-refractivity contribution in [3.05, 3.63) is 0 Å². The van der Waals surface area contributed by atoms with Crippen LogP contribution in [0.3, 0.4) is 0 Å². The summed E-state index contributed by atoms with van der Waals surface area (Å²) in [5.74, 6) is 0.976. The van der Waals surface area contributed by atoms with Crippen molar-refractivity contribution in [2.24, 2.45) is 5.92 Å². The highest BCUT2D eigenvalue weighted by atomic mass is 16.5. The average Bonchev–Trinajstić information content (AvgIpc) is 2.35. The van der Waals surface area contributed by atoms with Gasteiger partial charge in [0, 0.05) is 13.2 Å². The molecule has 1 saturated carbocycles. The molecule has 0 aromatic heterocycles. The van der Waals surface area contributed by atoms with Crippen molar-refractivity contribution in [2.45, 2.75) is 70.4 Å². The molecular formula is C14H29NO. The topological polar surface area (TPSA) is 21.3 Å². The van der Waals surface area contributed by atoms with Gasteiger partial charge in [-0.15, -0.1) is 0 Å². The molecule has 0 aromatic carbocycles. The van der Waals surface area contributed by atoms with Crippen molar-refractivity contribution < 1.29 is 4.74 Å². The molecule has 1 N–H and O–H groups in total. The van der Waals surface area contributed by atoms with Crippen LogP contribution in [0.2, 0.25) is 0 Å². The summed E-state index contributed by atoms with van der Waals surface area (Å²) in [6, 6.07) is 0.695. The van der Waals surface area contributed by atoms with E-state index >= 15 is 0 Å². The van der Waals surface area contributed by atoms with E-state index in [0.29, 0.717) is 12.1 Å². The molecule has 0 radical (unpaired) electrons. The lowest BCUT2D eigenvalue weighted by Crippen LogP contribution is -2.29. The molecule has 0 saturated heterocycles. The normalized spacial score (nSPS) is 21.9. The number of methoxy groups -OCH3 is 1. The van der Waals surface area contributed by atoms with Gasteiger partial charge in [0.15, 0.2) is 0 Å². The minimum atomic E-state index is 0.405. The maximum atomic E-state index is 5.31. The van der Waals surface area contributed by atoms with Crippen LogP contribution in [-0.2, 0) is 4.74 Å². The van der Waals surface area contributed by atoms with Crippen LogP contribution in [0.25, 0.3) is 0 Å². The molecule has 2 nitrogen and oxygen atoms in total. The van der Waals surface area contributed by atoms with E-state index in [9.17, 15) is 0 Å². The Kier molecular flexibility index (Phi) is 7.06. The Balaban J connectivity index is 2.19. The van der Waals surface area contributed by atoms with Crippen LogP contribution in [0.1, 0.15) is 58.3 Å². The quantitative estimate of drug-likeness (QED) is 0.720. The third-order valence-electron chi connectivity index (χ3n) is 4.07. The largest absolute Gasteiger partial charge is 0.382 e. The molecule has 0 spiro atoms. The molecule has 0 aromatic rings. The first-order valence-corrected chi connectivity index (χ1v) is 6.96. The lowest BCUT2D eigenvalue weighted by molar-refractivity contribution is 0.105. The van der Waals surface area contributed by atoms with Crippen LogP contribution in [0.15, 0.2) is 0 Å². The molecule has 1 aliphatic carbocycles. The molecule has 1 fully saturated rings. The third-order valence-corrected chi connectivity index (χ3v) is 4.07. The molecule has 0 amide bonds. The fourth-order valence-electron chi connectivity index (χ4n) is 2.76. The Hall–Kier alpha value is -0.0800. The maximum absolute atomic E-state index is 5.31. The van der Waals surface area contributed by atoms with Gasteiger partial charge in [0.2, 0.25) is 0 Å². The SMILES string of the molecule is CNC(CCC(C)OC)CC1CCCCC1. The lowest BCUT2D eigenvalue weighted by Gasteiger charge is -2.27. The van der Waals surface area contributed by atoms with E-state index in [2.05, 4.69) is 19.3 Å². The van der Waals surface area contributed by atoms with Gasteiger partial charge in [-0.3, -0.25) is 0 Å². The molecule has 1 rings (SSSR count). The van der Waals surface area contributed by atoms with Crippen LogP contribution in [0.4, 0.5) is 0 Å². The Morgan fingerprint density at radius 1 is 1.19 bits per heavy atom. The highest BCUT2D eigenvalue weighted by molar-refractivity contribution is 4.74. The van der Waals surface area contributed by atoms with Crippen LogP contribution in [0, 0.1) is 5.92 Å². The molecule has 0 bridgehead atoms. The van der Waals surface area contributed by atoms with Gasteiger partial charge >= 0.3 is 0 Å². The fourth-order valence-corrected chi connectivity index (χ4v) is 2.76. The predicted octanol–water partition coefficient (Wildman–Crippen LogP) is 3.36. The van der Waals surface area contributed by atoms with Gasteiger partial charge in [-0.2, -0.15) is 0 Å². The number of hydrogen-bond acceptors (Lipinski definition) is 2. The smallest absolute Gasteiger partial charge is 0.0543 e. The van der Waals surface area contributed by atoms with E-state index in [1.807, 2.05) is 0 Å². The van der Waals surface area contributed by atoms with Gasteiger partial charge in [-0.05, 0) is 39.2 Å². The molecule has 96 valence electrons. The van der Waals surface area contributed by atoms with Gasteiger partial charge in [-0.25, -0.2) is 0 Å². The van der Waals surface area contributed by atoms with Crippen LogP contribution >= 0.6 is 0 Å². The van der Waals surface area contributed by atoms with E-state index in [4.69, 9.17) is 4.74 Å². The second kappa shape index (κ2) is 8.08. The molecule has 16 heavy (non-hydrogen) atoms. The summed E-state index contributed by atoms with van der Waals surface area (Å²) in [6.45, 7) is 2.16. The molecule has 0 aliphatic heterocycles. The Bertz CT molecular complexity index is 166. The summed E-state index contributed by atoms with van der Waals surface area (Å²) in [5.41, 5.74) is 0. The average molecular weight is 227 g/mol. The molecular weight excluding hydrogens is 198 g/mol. The summed E-state index contributed by atoms with van der Waals surface area (Å²) < 4.78 is 5.31. The van der Waals surface area contributed by atoms with Crippen molar-refractivity contribution >= 4 is 0 Å². The predicted molar refractivity (Wildman–Crippen MR) is 69.7 cm³/mol. The first-order valence-electron chi connectivity index (χ1n) is 6.96. The van der Waals surface area contributed by atoms with E-state index < -0.39 is 0 Å². The molecule has 2 heteroatoms. The zero-order chi connectivity index (χ0) is 11.8. The second-order valence-corrected chi connectivity index (χ2v) is 5.35. The first-order chi connectivity index (χ1) is 7.76. The molecule has 2 atom stereocenters. The Morgan fingerprint density at radius 2 is 1.88 bits per heavy atom. The zero-order valence-corrected chi connectivity index (χ0v) is 11.3. The summed E-state index contributed by atoms with van der Waals surface area (Å²) in [6.07, 6.45) is 11.5. The maximum Gasteiger partial charge on any atom is 0.0543 e. The van der Waals surface area contributed by atoms with Crippen LogP contribution in [0.5, 0.6) is 0 Å². The van der Waals surface area contributed by atoms with Crippen molar-refractivity contribution in [1.82, 2.24) is 5.32 Å². The summed E-state index contributed by atoms with van der Waals surface area (Å²) in [7, 11) is 3.91. The summed E-state index contributed by atoms with van der Waals surface area (Å²) in [4.78, 5) is 0. The molecule has 0 heterocycles. The monoisotopic (exact) mass is 227 g/mol. The van der Waals surface area contributed by atoms with Gasteiger partial charge in [0.1, 0.15) is 0 Å². The van der Waals surface area contributed by atoms with E-state index in [1.54, 1.807) is 7.11 Å². The highest BCUT2D eigenvalue weighted by Crippen LogP contribution is 2.28. The van der Waals surface area contributed by atoms with Crippen LogP contribution < -0.4 is 5.32 Å². The van der Waals surface area contributed by atoms with Gasteiger partial charge < -0.3 is 10.1 Å². The second-order valence-electron chi connectivity index (χ2n) is 5.35. The standard InChI is InChI=1S/C14H29NO/c1-12(16-3)9-10-14(15-2)11-13-7-5-4-6-8-13/h12-15H,4-11H2,1-3H3. The van der Waals surface area contributed by atoms with E-state index in [-0.39, 0.29) is 0 Å². The zero-order valence-electron chi connectivity index (χ0n) is 11.3. The molecule has 2 unspecified atom stereocenters. The number of ether oxygens (including phenoxy) is 1. The number of rotatable bonds is 7. The summed E-state index contributed by atoms with van der Waals surface area (Å²) >= 11 is 0. The minimum absolute atomic E-state index is 0.405. The molecule has 1 aliphatic rings.